The molecule has 1 fully saturated rings. The molecule has 0 radical (unpaired) electrons. The maximum Gasteiger partial charge on any atom is 0.134 e. The molecule has 0 saturated carbocycles. The Labute approximate surface area is 173 Å². The third-order valence-electron chi connectivity index (χ3n) is 5.51. The zero-order chi connectivity index (χ0) is 20.1. The number of halogens is 1. The molecule has 5 heteroatoms. The number of rotatable bonds is 7. The van der Waals surface area contributed by atoms with Gasteiger partial charge in [0.15, 0.2) is 0 Å². The van der Waals surface area contributed by atoms with Gasteiger partial charge in [0, 0.05) is 41.5 Å². The number of hydrogen-bond donors (Lipinski definition) is 1. The molecule has 150 valence electrons. The second-order valence-electron chi connectivity index (χ2n) is 8.06. The minimum Gasteiger partial charge on any atom is -0.309 e. The molecule has 1 atom stereocenters. The lowest BCUT2D eigenvalue weighted by atomic mass is 9.93. The van der Waals surface area contributed by atoms with Crippen molar-refractivity contribution < 1.29 is 0 Å². The van der Waals surface area contributed by atoms with Crippen molar-refractivity contribution in [3.05, 3.63) is 57.6 Å². The summed E-state index contributed by atoms with van der Waals surface area (Å²) < 4.78 is 0. The fraction of sp³-hybridized carbons (Fsp3) is 0.522. The highest BCUT2D eigenvalue weighted by Gasteiger charge is 2.20. The molecule has 1 aromatic heterocycles. The van der Waals surface area contributed by atoms with Crippen molar-refractivity contribution >= 4 is 17.3 Å². The number of nitrogens with one attached hydrogen (secondary N) is 1. The van der Waals surface area contributed by atoms with Gasteiger partial charge in [-0.3, -0.25) is 0 Å². The molecule has 0 aliphatic carbocycles. The summed E-state index contributed by atoms with van der Waals surface area (Å²) >= 11 is 6.10. The van der Waals surface area contributed by atoms with Crippen LogP contribution in [0.2, 0.25) is 5.02 Å². The number of likely N-dealkylation sites (tertiary alicyclic amines) is 1. The lowest BCUT2D eigenvalue weighted by Crippen LogP contribution is -2.36. The van der Waals surface area contributed by atoms with E-state index in [-0.39, 0.29) is 0 Å². The molecule has 0 bridgehead atoms. The van der Waals surface area contributed by atoms with Gasteiger partial charge in [0.2, 0.25) is 0 Å². The Hall–Kier alpha value is -1.78. The van der Waals surface area contributed by atoms with Crippen molar-refractivity contribution in [1.29, 1.82) is 5.41 Å². The van der Waals surface area contributed by atoms with E-state index in [4.69, 9.17) is 22.0 Å². The average molecular weight is 399 g/mol. The van der Waals surface area contributed by atoms with Crippen LogP contribution in [0.4, 0.5) is 0 Å². The Balaban J connectivity index is 1.63. The van der Waals surface area contributed by atoms with Gasteiger partial charge in [-0.2, -0.15) is 0 Å². The van der Waals surface area contributed by atoms with Crippen molar-refractivity contribution in [2.45, 2.75) is 52.9 Å². The SMILES string of the molecule is CCN1CCCC(Cc2cc(C)nc(CC(=N)Cc3ccc(Cl)c(C)c3)n2)C1. The Morgan fingerprint density at radius 1 is 1.21 bits per heavy atom. The van der Waals surface area contributed by atoms with Crippen LogP contribution < -0.4 is 0 Å². The maximum absolute atomic E-state index is 8.41. The quantitative estimate of drug-likeness (QED) is 0.680. The molecule has 1 aromatic carbocycles. The third-order valence-corrected chi connectivity index (χ3v) is 5.94. The molecule has 1 unspecified atom stereocenters. The maximum atomic E-state index is 8.41. The summed E-state index contributed by atoms with van der Waals surface area (Å²) in [6.07, 6.45) is 4.68. The van der Waals surface area contributed by atoms with Crippen LogP contribution >= 0.6 is 11.6 Å². The monoisotopic (exact) mass is 398 g/mol. The molecule has 4 nitrogen and oxygen atoms in total. The average Bonchev–Trinajstić information content (AvgIpc) is 2.64. The molecule has 2 heterocycles. The lowest BCUT2D eigenvalue weighted by molar-refractivity contribution is 0.181. The molecule has 28 heavy (non-hydrogen) atoms. The number of aryl methyl sites for hydroxylation is 2. The predicted octanol–water partition coefficient (Wildman–Crippen LogP) is 4.83. The molecule has 1 aliphatic heterocycles. The molecular formula is C23H31ClN4. The summed E-state index contributed by atoms with van der Waals surface area (Å²) in [6, 6.07) is 8.07. The standard InChI is InChI=1S/C23H31ClN4/c1-4-28-9-5-6-19(15-28)13-21-11-17(3)26-23(27-21)14-20(25)12-18-7-8-22(24)16(2)10-18/h7-8,10-11,19,25H,4-6,9,12-15H2,1-3H3. The van der Waals surface area contributed by atoms with Crippen molar-refractivity contribution in [2.24, 2.45) is 5.92 Å². The summed E-state index contributed by atoms with van der Waals surface area (Å²) in [5.41, 5.74) is 4.92. The number of aromatic nitrogens is 2. The van der Waals surface area contributed by atoms with Crippen LogP contribution in [0.1, 0.15) is 48.1 Å². The van der Waals surface area contributed by atoms with Gasteiger partial charge >= 0.3 is 0 Å². The van der Waals surface area contributed by atoms with Crippen molar-refractivity contribution in [3.8, 4) is 0 Å². The summed E-state index contributed by atoms with van der Waals surface area (Å²) in [7, 11) is 0. The van der Waals surface area contributed by atoms with Gasteiger partial charge < -0.3 is 10.3 Å². The van der Waals surface area contributed by atoms with E-state index in [9.17, 15) is 0 Å². The highest BCUT2D eigenvalue weighted by Crippen LogP contribution is 2.21. The van der Waals surface area contributed by atoms with Crippen LogP contribution in [0.25, 0.3) is 0 Å². The first-order valence-corrected chi connectivity index (χ1v) is 10.7. The number of benzene rings is 1. The van der Waals surface area contributed by atoms with Crippen molar-refractivity contribution in [3.63, 3.8) is 0 Å². The number of hydrogen-bond acceptors (Lipinski definition) is 4. The highest BCUT2D eigenvalue weighted by molar-refractivity contribution is 6.31. The molecule has 1 aliphatic rings. The van der Waals surface area contributed by atoms with E-state index in [0.29, 0.717) is 24.5 Å². The first-order valence-electron chi connectivity index (χ1n) is 10.3. The number of piperidine rings is 1. The van der Waals surface area contributed by atoms with Gasteiger partial charge in [-0.25, -0.2) is 9.97 Å². The van der Waals surface area contributed by atoms with Gasteiger partial charge in [-0.15, -0.1) is 0 Å². The summed E-state index contributed by atoms with van der Waals surface area (Å²) in [6.45, 7) is 9.79. The van der Waals surface area contributed by atoms with E-state index in [0.717, 1.165) is 46.3 Å². The van der Waals surface area contributed by atoms with Gasteiger partial charge in [-0.05, 0) is 75.4 Å². The second kappa shape index (κ2) is 9.62. The van der Waals surface area contributed by atoms with E-state index in [1.54, 1.807) is 0 Å². The van der Waals surface area contributed by atoms with Gasteiger partial charge in [0.1, 0.15) is 5.82 Å². The molecule has 1 N–H and O–H groups in total. The van der Waals surface area contributed by atoms with Crippen LogP contribution in [0, 0.1) is 25.2 Å². The topological polar surface area (TPSA) is 52.9 Å². The fourth-order valence-corrected chi connectivity index (χ4v) is 4.22. The molecule has 1 saturated heterocycles. The fourth-order valence-electron chi connectivity index (χ4n) is 4.10. The highest BCUT2D eigenvalue weighted by atomic mass is 35.5. The van der Waals surface area contributed by atoms with Gasteiger partial charge in [-0.1, -0.05) is 30.7 Å². The summed E-state index contributed by atoms with van der Waals surface area (Å²) in [4.78, 5) is 11.9. The van der Waals surface area contributed by atoms with Gasteiger partial charge in [0.05, 0.1) is 0 Å². The summed E-state index contributed by atoms with van der Waals surface area (Å²) in [5.74, 6) is 1.45. The predicted molar refractivity (Wildman–Crippen MR) is 117 cm³/mol. The van der Waals surface area contributed by atoms with E-state index in [2.05, 4.69) is 28.9 Å². The second-order valence-corrected chi connectivity index (χ2v) is 8.47. The largest absolute Gasteiger partial charge is 0.309 e. The molecular weight excluding hydrogens is 368 g/mol. The van der Waals surface area contributed by atoms with E-state index < -0.39 is 0 Å². The summed E-state index contributed by atoms with van der Waals surface area (Å²) in [5, 5.41) is 9.18. The van der Waals surface area contributed by atoms with Crippen LogP contribution in [-0.2, 0) is 19.3 Å². The molecule has 2 aromatic rings. The Morgan fingerprint density at radius 3 is 2.79 bits per heavy atom. The molecule has 0 amide bonds. The van der Waals surface area contributed by atoms with Crippen LogP contribution in [0.3, 0.4) is 0 Å². The third kappa shape index (κ3) is 5.86. The van der Waals surface area contributed by atoms with Crippen LogP contribution in [0.15, 0.2) is 24.3 Å². The Bertz CT molecular complexity index is 833. The first-order chi connectivity index (χ1) is 13.4. The van der Waals surface area contributed by atoms with Crippen molar-refractivity contribution in [1.82, 2.24) is 14.9 Å². The molecule has 0 spiro atoms. The Morgan fingerprint density at radius 2 is 2.04 bits per heavy atom. The van der Waals surface area contributed by atoms with E-state index in [1.807, 2.05) is 26.0 Å². The van der Waals surface area contributed by atoms with Crippen LogP contribution in [0.5, 0.6) is 0 Å². The van der Waals surface area contributed by atoms with Crippen molar-refractivity contribution in [2.75, 3.05) is 19.6 Å². The zero-order valence-corrected chi connectivity index (χ0v) is 18.0. The molecule has 3 rings (SSSR count). The lowest BCUT2D eigenvalue weighted by Gasteiger charge is -2.31. The number of nitrogens with zero attached hydrogens (tertiary/aromatic N) is 3. The first kappa shape index (κ1) is 20.9. The normalized spacial score (nSPS) is 17.6. The zero-order valence-electron chi connectivity index (χ0n) is 17.3. The minimum atomic E-state index is 0.502. The van der Waals surface area contributed by atoms with E-state index >= 15 is 0 Å². The van der Waals surface area contributed by atoms with Crippen LogP contribution in [-0.4, -0.2) is 40.2 Å². The van der Waals surface area contributed by atoms with E-state index in [1.165, 1.54) is 25.9 Å². The smallest absolute Gasteiger partial charge is 0.134 e. The Kier molecular flexibility index (Phi) is 7.19. The minimum absolute atomic E-state index is 0.502. The van der Waals surface area contributed by atoms with Gasteiger partial charge in [0.25, 0.3) is 0 Å².